The Hall–Kier alpha value is -1.25. The molecule has 1 N–H and O–H groups in total. The number of aromatic amines is 1. The smallest absolute Gasteiger partial charge is 0.278 e. The van der Waals surface area contributed by atoms with E-state index in [0.29, 0.717) is 0 Å². The number of hydrogen-bond donors (Lipinski definition) is 0. The maximum atomic E-state index is 9.72. The quantitative estimate of drug-likeness (QED) is 0.614. The van der Waals surface area contributed by atoms with E-state index in [2.05, 4.69) is 22.9 Å². The number of morpholine rings is 1. The molecule has 23 heavy (non-hydrogen) atoms. The van der Waals surface area contributed by atoms with Gasteiger partial charge in [0.25, 0.3) is 5.82 Å². The number of fused-ring (bicyclic) bond motifs is 1. The molecule has 0 atom stereocenters. The molecule has 0 spiro atoms. The van der Waals surface area contributed by atoms with Gasteiger partial charge in [-0.05, 0) is 37.7 Å². The fourth-order valence-corrected chi connectivity index (χ4v) is 4.55. The highest BCUT2D eigenvalue weighted by Crippen LogP contribution is 2.34. The summed E-state index contributed by atoms with van der Waals surface area (Å²) in [6, 6.07) is 2.49. The molecule has 0 saturated carbocycles. The highest BCUT2D eigenvalue weighted by molar-refractivity contribution is 7.99. The molecule has 1 saturated heterocycles. The van der Waals surface area contributed by atoms with Crippen LogP contribution >= 0.6 is 11.8 Å². The van der Waals surface area contributed by atoms with Gasteiger partial charge in [-0.2, -0.15) is 5.26 Å². The maximum Gasteiger partial charge on any atom is 0.278 e. The number of anilines is 1. The van der Waals surface area contributed by atoms with Crippen molar-refractivity contribution in [3.63, 3.8) is 0 Å². The molecule has 1 aromatic heterocycles. The average molecular weight is 332 g/mol. The fraction of sp³-hybridized carbons (Fsp3) is 0.667. The van der Waals surface area contributed by atoms with Crippen LogP contribution in [0, 0.1) is 11.3 Å². The summed E-state index contributed by atoms with van der Waals surface area (Å²) in [5, 5.41) is 10.8. The van der Waals surface area contributed by atoms with Crippen molar-refractivity contribution in [2.45, 2.75) is 50.5 Å². The lowest BCUT2D eigenvalue weighted by atomic mass is 9.89. The lowest BCUT2D eigenvalue weighted by molar-refractivity contribution is -0.414. The van der Waals surface area contributed by atoms with Gasteiger partial charge in [-0.25, -0.2) is 4.98 Å². The predicted octanol–water partition coefficient (Wildman–Crippen LogP) is 2.98. The molecule has 124 valence electrons. The molecule has 0 unspecified atom stereocenters. The first-order chi connectivity index (χ1) is 11.3. The van der Waals surface area contributed by atoms with Gasteiger partial charge in [-0.15, -0.1) is 0 Å². The van der Waals surface area contributed by atoms with Crippen molar-refractivity contribution < 1.29 is 9.72 Å². The summed E-state index contributed by atoms with van der Waals surface area (Å²) in [5.41, 5.74) is 3.59. The van der Waals surface area contributed by atoms with E-state index in [-0.39, 0.29) is 0 Å². The van der Waals surface area contributed by atoms with E-state index in [9.17, 15) is 5.26 Å². The molecule has 1 aliphatic heterocycles. The maximum absolute atomic E-state index is 9.72. The second-order valence-corrected chi connectivity index (χ2v) is 7.36. The summed E-state index contributed by atoms with van der Waals surface area (Å²) in [7, 11) is 0. The van der Waals surface area contributed by atoms with Crippen LogP contribution in [-0.2, 0) is 17.6 Å². The number of rotatable bonds is 5. The number of H-pyrrole nitrogens is 1. The van der Waals surface area contributed by atoms with E-state index in [0.717, 1.165) is 55.5 Å². The summed E-state index contributed by atoms with van der Waals surface area (Å²) < 4.78 is 5.51. The molecule has 1 fully saturated rings. The van der Waals surface area contributed by atoms with E-state index in [1.807, 2.05) is 11.8 Å². The Kier molecular flexibility index (Phi) is 5.80. The highest BCUT2D eigenvalue weighted by atomic mass is 32.2. The number of pyridine rings is 1. The molecule has 2 heterocycles. The minimum Gasteiger partial charge on any atom is -0.373 e. The topological polar surface area (TPSA) is 50.4 Å². The normalized spacial score (nSPS) is 17.7. The standard InChI is InChI=1S/C18H25N3OS/c1-2-3-12-23-18-16(13-19)14-6-4-5-7-15(14)17(20-18)21-8-10-22-11-9-21/h2-12H2,1H3/p+1. The number of nitrogens with one attached hydrogen (secondary N) is 1. The van der Waals surface area contributed by atoms with Crippen LogP contribution in [0.25, 0.3) is 0 Å². The molecule has 0 bridgehead atoms. The first-order valence-electron chi connectivity index (χ1n) is 8.81. The Bertz CT molecular complexity index is 591. The van der Waals surface area contributed by atoms with Crippen molar-refractivity contribution in [3.8, 4) is 6.07 Å². The third-order valence-electron chi connectivity index (χ3n) is 4.70. The first-order valence-corrected chi connectivity index (χ1v) is 9.80. The summed E-state index contributed by atoms with van der Waals surface area (Å²) in [5.74, 6) is 2.32. The number of hydrogen-bond acceptors (Lipinski definition) is 4. The molecular weight excluding hydrogens is 306 g/mol. The van der Waals surface area contributed by atoms with E-state index >= 15 is 0 Å². The predicted molar refractivity (Wildman–Crippen MR) is 93.0 cm³/mol. The van der Waals surface area contributed by atoms with Crippen LogP contribution in [0.5, 0.6) is 0 Å². The van der Waals surface area contributed by atoms with Crippen molar-refractivity contribution in [3.05, 3.63) is 16.7 Å². The van der Waals surface area contributed by atoms with Gasteiger partial charge in [-0.1, -0.05) is 25.1 Å². The second-order valence-electron chi connectivity index (χ2n) is 6.26. The molecule has 1 aromatic rings. The SMILES string of the molecule is CCCCSc1[nH+]c(N2CCOCC2)c2c(c1C#N)CCCC2. The van der Waals surface area contributed by atoms with E-state index in [4.69, 9.17) is 4.74 Å². The Balaban J connectivity index is 1.99. The van der Waals surface area contributed by atoms with Crippen molar-refractivity contribution in [1.82, 2.24) is 0 Å². The average Bonchev–Trinajstić information content (AvgIpc) is 2.62. The zero-order valence-corrected chi connectivity index (χ0v) is 14.8. The molecule has 5 heteroatoms. The van der Waals surface area contributed by atoms with Gasteiger partial charge in [0, 0.05) is 11.3 Å². The van der Waals surface area contributed by atoms with Gasteiger partial charge >= 0.3 is 0 Å². The second kappa shape index (κ2) is 8.03. The molecule has 0 amide bonds. The Morgan fingerprint density at radius 2 is 1.96 bits per heavy atom. The van der Waals surface area contributed by atoms with Crippen molar-refractivity contribution in [1.29, 1.82) is 5.26 Å². The summed E-state index contributed by atoms with van der Waals surface area (Å²) in [6.07, 6.45) is 6.95. The first kappa shape index (κ1) is 16.6. The van der Waals surface area contributed by atoms with E-state index in [1.54, 1.807) is 0 Å². The largest absolute Gasteiger partial charge is 0.373 e. The van der Waals surface area contributed by atoms with Crippen molar-refractivity contribution in [2.75, 3.05) is 37.0 Å². The summed E-state index contributed by atoms with van der Waals surface area (Å²) >= 11 is 1.81. The Labute approximate surface area is 143 Å². The molecule has 4 nitrogen and oxygen atoms in total. The van der Waals surface area contributed by atoms with E-state index in [1.165, 1.54) is 42.6 Å². The van der Waals surface area contributed by atoms with Crippen LogP contribution in [-0.4, -0.2) is 32.1 Å². The number of ether oxygens (including phenoxy) is 1. The number of nitriles is 1. The zero-order valence-electron chi connectivity index (χ0n) is 14.0. The third kappa shape index (κ3) is 3.64. The minimum absolute atomic E-state index is 0.793. The lowest BCUT2D eigenvalue weighted by Gasteiger charge is -2.26. The lowest BCUT2D eigenvalue weighted by Crippen LogP contribution is -2.41. The number of thioether (sulfide) groups is 1. The molecule has 2 aliphatic rings. The van der Waals surface area contributed by atoms with Gasteiger partial charge in [-0.3, -0.25) is 4.90 Å². The highest BCUT2D eigenvalue weighted by Gasteiger charge is 2.30. The van der Waals surface area contributed by atoms with Gasteiger partial charge in [0.1, 0.15) is 24.7 Å². The van der Waals surface area contributed by atoms with Crippen LogP contribution in [0.4, 0.5) is 5.82 Å². The van der Waals surface area contributed by atoms with Crippen LogP contribution in [0.3, 0.4) is 0 Å². The molecular formula is C18H26N3OS+. The third-order valence-corrected chi connectivity index (χ3v) is 5.79. The van der Waals surface area contributed by atoms with E-state index < -0.39 is 0 Å². The Morgan fingerprint density at radius 3 is 2.65 bits per heavy atom. The minimum atomic E-state index is 0.793. The fourth-order valence-electron chi connectivity index (χ4n) is 3.43. The summed E-state index contributed by atoms with van der Waals surface area (Å²) in [4.78, 5) is 6.05. The van der Waals surface area contributed by atoms with Crippen molar-refractivity contribution >= 4 is 17.6 Å². The van der Waals surface area contributed by atoms with Crippen LogP contribution in [0.2, 0.25) is 0 Å². The number of aromatic nitrogens is 1. The number of nitrogens with zero attached hydrogens (tertiary/aromatic N) is 2. The van der Waals surface area contributed by atoms with Crippen LogP contribution in [0.15, 0.2) is 5.03 Å². The number of unbranched alkanes of at least 4 members (excludes halogenated alkanes) is 1. The van der Waals surface area contributed by atoms with Crippen LogP contribution < -0.4 is 9.88 Å². The summed E-state index contributed by atoms with van der Waals surface area (Å²) in [6.45, 7) is 5.67. The van der Waals surface area contributed by atoms with Gasteiger partial charge in [0.15, 0.2) is 5.03 Å². The van der Waals surface area contributed by atoms with Gasteiger partial charge in [0.05, 0.1) is 13.2 Å². The molecule has 1 aliphatic carbocycles. The van der Waals surface area contributed by atoms with Crippen LogP contribution in [0.1, 0.15) is 49.3 Å². The van der Waals surface area contributed by atoms with Gasteiger partial charge < -0.3 is 4.74 Å². The Morgan fingerprint density at radius 1 is 1.22 bits per heavy atom. The molecule has 0 radical (unpaired) electrons. The van der Waals surface area contributed by atoms with Crippen molar-refractivity contribution in [2.24, 2.45) is 0 Å². The molecule has 3 rings (SSSR count). The van der Waals surface area contributed by atoms with Gasteiger partial charge in [0.2, 0.25) is 0 Å². The molecule has 0 aromatic carbocycles. The monoisotopic (exact) mass is 332 g/mol. The zero-order chi connectivity index (χ0) is 16.1.